The fourth-order valence-electron chi connectivity index (χ4n) is 1.77. The Morgan fingerprint density at radius 1 is 1.35 bits per heavy atom. The van der Waals surface area contributed by atoms with Gasteiger partial charge in [-0.15, -0.1) is 0 Å². The molecule has 1 saturated heterocycles. The van der Waals surface area contributed by atoms with Crippen LogP contribution in [-0.4, -0.2) is 21.3 Å². The summed E-state index contributed by atoms with van der Waals surface area (Å²) in [7, 11) is 0. The van der Waals surface area contributed by atoms with Crippen molar-refractivity contribution in [1.29, 1.82) is 0 Å². The first-order chi connectivity index (χ1) is 8.04. The van der Waals surface area contributed by atoms with Crippen LogP contribution in [0.1, 0.15) is 50.3 Å². The maximum Gasteiger partial charge on any atom is 0.141 e. The lowest BCUT2D eigenvalue weighted by Crippen LogP contribution is -2.35. The molecule has 1 aromatic heterocycles. The second-order valence-electron chi connectivity index (χ2n) is 5.55. The van der Waals surface area contributed by atoms with Crippen LogP contribution in [-0.2, 0) is 6.54 Å². The minimum absolute atomic E-state index is 0.139. The largest absolute Gasteiger partial charge is 0.308 e. The third-order valence-electron chi connectivity index (χ3n) is 2.77. The van der Waals surface area contributed by atoms with E-state index in [9.17, 15) is 0 Å². The molecule has 4 heteroatoms. The number of hydrogen-bond acceptors (Lipinski definition) is 4. The summed E-state index contributed by atoms with van der Waals surface area (Å²) in [5.41, 5.74) is 1.30. The van der Waals surface area contributed by atoms with Crippen LogP contribution >= 0.6 is 11.8 Å². The first kappa shape index (κ1) is 12.8. The van der Waals surface area contributed by atoms with Crippen molar-refractivity contribution in [1.82, 2.24) is 15.3 Å². The molecule has 2 rings (SSSR count). The molecule has 0 radical (unpaired) electrons. The molecule has 0 spiro atoms. The van der Waals surface area contributed by atoms with Gasteiger partial charge >= 0.3 is 0 Å². The fourth-order valence-corrected chi connectivity index (χ4v) is 2.99. The highest BCUT2D eigenvalue weighted by molar-refractivity contribution is 7.99. The van der Waals surface area contributed by atoms with Gasteiger partial charge in [0.15, 0.2) is 0 Å². The van der Waals surface area contributed by atoms with Crippen molar-refractivity contribution in [3.8, 4) is 0 Å². The molecule has 3 nitrogen and oxygen atoms in total. The van der Waals surface area contributed by atoms with Gasteiger partial charge in [-0.3, -0.25) is 0 Å². The Hall–Kier alpha value is -0.610. The highest BCUT2D eigenvalue weighted by Crippen LogP contribution is 2.37. The summed E-state index contributed by atoms with van der Waals surface area (Å²) in [6.07, 6.45) is 6.44. The maximum atomic E-state index is 4.49. The van der Waals surface area contributed by atoms with E-state index in [1.807, 2.05) is 24.2 Å². The molecule has 0 aromatic carbocycles. The summed E-state index contributed by atoms with van der Waals surface area (Å²) >= 11 is 1.98. The molecular weight excluding hydrogens is 230 g/mol. The van der Waals surface area contributed by atoms with Gasteiger partial charge in [-0.05, 0) is 39.4 Å². The number of hydrogen-bond donors (Lipinski definition) is 1. The number of nitrogens with zero attached hydrogens (tertiary/aromatic N) is 2. The topological polar surface area (TPSA) is 37.8 Å². The monoisotopic (exact) mass is 251 g/mol. The summed E-state index contributed by atoms with van der Waals surface area (Å²) in [6.45, 7) is 7.33. The standard InChI is InChI=1S/C13H21N3S/c1-13(2,3)16-9-10-7-14-12(15-8-10)11-5-4-6-17-11/h7-8,11,16H,4-6,9H2,1-3H3. The molecule has 1 aliphatic rings. The average Bonchev–Trinajstić information content (AvgIpc) is 2.79. The number of rotatable bonds is 3. The van der Waals surface area contributed by atoms with Gasteiger partial charge in [-0.25, -0.2) is 9.97 Å². The van der Waals surface area contributed by atoms with Crippen molar-refractivity contribution in [3.05, 3.63) is 23.8 Å². The van der Waals surface area contributed by atoms with E-state index in [0.29, 0.717) is 5.25 Å². The van der Waals surface area contributed by atoms with E-state index in [2.05, 4.69) is 36.1 Å². The molecule has 0 amide bonds. The van der Waals surface area contributed by atoms with E-state index < -0.39 is 0 Å². The highest BCUT2D eigenvalue weighted by atomic mass is 32.2. The molecule has 0 aliphatic carbocycles. The number of thioether (sulfide) groups is 1. The van der Waals surface area contributed by atoms with Gasteiger partial charge < -0.3 is 5.32 Å². The van der Waals surface area contributed by atoms with E-state index in [0.717, 1.165) is 17.9 Å². The minimum Gasteiger partial charge on any atom is -0.308 e. The van der Waals surface area contributed by atoms with E-state index in [1.165, 1.54) is 18.6 Å². The van der Waals surface area contributed by atoms with Crippen molar-refractivity contribution >= 4 is 11.8 Å². The van der Waals surface area contributed by atoms with E-state index in [-0.39, 0.29) is 5.54 Å². The van der Waals surface area contributed by atoms with Gasteiger partial charge in [0.1, 0.15) is 5.82 Å². The first-order valence-corrected chi connectivity index (χ1v) is 7.27. The smallest absolute Gasteiger partial charge is 0.141 e. The Labute approximate surface area is 108 Å². The lowest BCUT2D eigenvalue weighted by Gasteiger charge is -2.20. The highest BCUT2D eigenvalue weighted by Gasteiger charge is 2.20. The molecular formula is C13H21N3S. The zero-order valence-corrected chi connectivity index (χ0v) is 11.7. The Morgan fingerprint density at radius 3 is 2.59 bits per heavy atom. The zero-order valence-electron chi connectivity index (χ0n) is 10.9. The molecule has 1 aliphatic heterocycles. The molecule has 2 heterocycles. The van der Waals surface area contributed by atoms with Crippen LogP contribution in [0.15, 0.2) is 12.4 Å². The van der Waals surface area contributed by atoms with Crippen LogP contribution in [0.3, 0.4) is 0 Å². The van der Waals surface area contributed by atoms with Gasteiger partial charge in [-0.1, -0.05) is 0 Å². The van der Waals surface area contributed by atoms with Gasteiger partial charge in [0.25, 0.3) is 0 Å². The summed E-state index contributed by atoms with van der Waals surface area (Å²) in [6, 6.07) is 0. The number of nitrogens with one attached hydrogen (secondary N) is 1. The molecule has 1 aromatic rings. The van der Waals surface area contributed by atoms with Crippen molar-refractivity contribution in [2.24, 2.45) is 0 Å². The summed E-state index contributed by atoms with van der Waals surface area (Å²) in [4.78, 5) is 8.98. The normalized spacial score (nSPS) is 20.8. The Morgan fingerprint density at radius 2 is 2.06 bits per heavy atom. The van der Waals surface area contributed by atoms with Crippen molar-refractivity contribution in [3.63, 3.8) is 0 Å². The van der Waals surface area contributed by atoms with Crippen LogP contribution < -0.4 is 5.32 Å². The maximum absolute atomic E-state index is 4.49. The molecule has 1 N–H and O–H groups in total. The SMILES string of the molecule is CC(C)(C)NCc1cnc(C2CCCS2)nc1. The van der Waals surface area contributed by atoms with E-state index in [4.69, 9.17) is 0 Å². The predicted octanol–water partition coefficient (Wildman–Crippen LogP) is 2.93. The molecule has 0 saturated carbocycles. The third kappa shape index (κ3) is 3.96. The van der Waals surface area contributed by atoms with Crippen LogP contribution in [0.25, 0.3) is 0 Å². The molecule has 17 heavy (non-hydrogen) atoms. The summed E-state index contributed by atoms with van der Waals surface area (Å²) in [5.74, 6) is 2.26. The van der Waals surface area contributed by atoms with Crippen molar-refractivity contribution in [2.45, 2.75) is 50.9 Å². The summed E-state index contributed by atoms with van der Waals surface area (Å²) in [5, 5.41) is 3.97. The Balaban J connectivity index is 1.93. The quantitative estimate of drug-likeness (QED) is 0.896. The lowest BCUT2D eigenvalue weighted by atomic mass is 10.1. The molecule has 1 unspecified atom stereocenters. The van der Waals surface area contributed by atoms with Gasteiger partial charge in [-0.2, -0.15) is 11.8 Å². The molecule has 0 bridgehead atoms. The van der Waals surface area contributed by atoms with Gasteiger partial charge in [0.2, 0.25) is 0 Å². The van der Waals surface area contributed by atoms with Crippen LogP contribution in [0.5, 0.6) is 0 Å². The summed E-state index contributed by atoms with van der Waals surface area (Å²) < 4.78 is 0. The Kier molecular flexibility index (Phi) is 4.05. The number of aromatic nitrogens is 2. The van der Waals surface area contributed by atoms with Crippen LogP contribution in [0, 0.1) is 0 Å². The zero-order chi connectivity index (χ0) is 12.3. The molecule has 94 valence electrons. The van der Waals surface area contributed by atoms with Gasteiger partial charge in [0.05, 0.1) is 5.25 Å². The third-order valence-corrected chi connectivity index (χ3v) is 4.14. The van der Waals surface area contributed by atoms with Crippen LogP contribution in [0.4, 0.5) is 0 Å². The van der Waals surface area contributed by atoms with E-state index >= 15 is 0 Å². The molecule has 1 fully saturated rings. The van der Waals surface area contributed by atoms with E-state index in [1.54, 1.807) is 0 Å². The van der Waals surface area contributed by atoms with Gasteiger partial charge in [0, 0.05) is 30.0 Å². The van der Waals surface area contributed by atoms with Crippen LogP contribution in [0.2, 0.25) is 0 Å². The fraction of sp³-hybridized carbons (Fsp3) is 0.692. The van der Waals surface area contributed by atoms with Crippen molar-refractivity contribution in [2.75, 3.05) is 5.75 Å². The average molecular weight is 251 g/mol. The first-order valence-electron chi connectivity index (χ1n) is 6.22. The predicted molar refractivity (Wildman–Crippen MR) is 73.1 cm³/mol. The molecule has 1 atom stereocenters. The second kappa shape index (κ2) is 5.36. The van der Waals surface area contributed by atoms with Crippen molar-refractivity contribution < 1.29 is 0 Å². The second-order valence-corrected chi connectivity index (χ2v) is 6.87. The Bertz CT molecular complexity index is 350. The lowest BCUT2D eigenvalue weighted by molar-refractivity contribution is 0.423. The minimum atomic E-state index is 0.139.